The molecule has 1 unspecified atom stereocenters. The maximum Gasteiger partial charge on any atom is 0.321 e. The van der Waals surface area contributed by atoms with Crippen molar-refractivity contribution in [1.82, 2.24) is 10.5 Å². The summed E-state index contributed by atoms with van der Waals surface area (Å²) in [6.45, 7) is 7.26. The Morgan fingerprint density at radius 2 is 2.03 bits per heavy atom. The van der Waals surface area contributed by atoms with Gasteiger partial charge in [0.15, 0.2) is 0 Å². The lowest BCUT2D eigenvalue weighted by Crippen LogP contribution is -2.50. The van der Waals surface area contributed by atoms with Crippen LogP contribution in [0.1, 0.15) is 71.3 Å². The molecule has 1 aromatic heterocycles. The van der Waals surface area contributed by atoms with E-state index in [0.717, 1.165) is 24.3 Å². The van der Waals surface area contributed by atoms with Gasteiger partial charge in [0.2, 0.25) is 0 Å². The van der Waals surface area contributed by atoms with Gasteiger partial charge in [-0.1, -0.05) is 37.6 Å². The highest BCUT2D eigenvalue weighted by Gasteiger charge is 2.57. The van der Waals surface area contributed by atoms with E-state index in [1.165, 1.54) is 57.4 Å². The van der Waals surface area contributed by atoms with Crippen LogP contribution in [-0.2, 0) is 9.63 Å². The first-order valence-electron chi connectivity index (χ1n) is 12.1. The first kappa shape index (κ1) is 20.9. The smallest absolute Gasteiger partial charge is 0.321 e. The number of aromatic nitrogens is 1. The third kappa shape index (κ3) is 3.47. The van der Waals surface area contributed by atoms with E-state index in [1.54, 1.807) is 11.1 Å². The van der Waals surface area contributed by atoms with Crippen LogP contribution in [0.3, 0.4) is 0 Å². The van der Waals surface area contributed by atoms with Gasteiger partial charge >= 0.3 is 5.97 Å². The van der Waals surface area contributed by atoms with Crippen molar-refractivity contribution in [3.63, 3.8) is 0 Å². The van der Waals surface area contributed by atoms with E-state index < -0.39 is 0 Å². The molecular weight excluding hydrogens is 384 g/mol. The predicted molar refractivity (Wildman–Crippen MR) is 123 cm³/mol. The van der Waals surface area contributed by atoms with Crippen LogP contribution in [0.4, 0.5) is 0 Å². The monoisotopic (exact) mass is 420 g/mol. The highest BCUT2D eigenvalue weighted by Crippen LogP contribution is 2.66. The van der Waals surface area contributed by atoms with E-state index in [1.807, 2.05) is 6.20 Å². The molecule has 1 heterocycles. The number of nitrogens with zero attached hydrogens (tertiary/aromatic N) is 1. The number of allylic oxidation sites excluding steroid dienone is 3. The van der Waals surface area contributed by atoms with Crippen LogP contribution >= 0.6 is 0 Å². The fourth-order valence-corrected chi connectivity index (χ4v) is 7.75. The summed E-state index contributed by atoms with van der Waals surface area (Å²) >= 11 is 0. The number of hydrogen-bond donors (Lipinski definition) is 1. The van der Waals surface area contributed by atoms with Gasteiger partial charge in [0, 0.05) is 25.9 Å². The topological polar surface area (TPSA) is 51.2 Å². The van der Waals surface area contributed by atoms with Crippen molar-refractivity contribution in [2.24, 2.45) is 34.5 Å². The summed E-state index contributed by atoms with van der Waals surface area (Å²) in [5, 5.41) is 0. The Bertz CT molecular complexity index is 907. The van der Waals surface area contributed by atoms with Crippen molar-refractivity contribution in [1.29, 1.82) is 0 Å². The molecule has 0 amide bonds. The van der Waals surface area contributed by atoms with Gasteiger partial charge in [0.25, 0.3) is 0 Å². The summed E-state index contributed by atoms with van der Waals surface area (Å²) in [6.07, 6.45) is 17.8. The summed E-state index contributed by atoms with van der Waals surface area (Å²) in [7, 11) is 0. The van der Waals surface area contributed by atoms with Gasteiger partial charge in [0.1, 0.15) is 0 Å². The van der Waals surface area contributed by atoms with E-state index in [0.29, 0.717) is 16.7 Å². The SMILES string of the molecule is CC(=O)ONCC1C=C2CC[C@H]3[C@H](CC[C@]4(C)C(c5cccnc5)=CC[C@@H]34)[C@@]2(C)CC1. The van der Waals surface area contributed by atoms with E-state index in [-0.39, 0.29) is 5.97 Å². The molecule has 4 nitrogen and oxygen atoms in total. The molecule has 4 aliphatic rings. The molecule has 0 saturated heterocycles. The van der Waals surface area contributed by atoms with Crippen LogP contribution < -0.4 is 5.48 Å². The second-order valence-electron chi connectivity index (χ2n) is 10.8. The average Bonchev–Trinajstić information content (AvgIpc) is 3.11. The quantitative estimate of drug-likeness (QED) is 0.500. The summed E-state index contributed by atoms with van der Waals surface area (Å²) < 4.78 is 0. The minimum Gasteiger partial charge on any atom is -0.371 e. The molecule has 166 valence electrons. The maximum atomic E-state index is 11.0. The van der Waals surface area contributed by atoms with Crippen LogP contribution in [0, 0.1) is 34.5 Å². The van der Waals surface area contributed by atoms with Crippen LogP contribution in [0.2, 0.25) is 0 Å². The van der Waals surface area contributed by atoms with Crippen molar-refractivity contribution in [2.75, 3.05) is 6.54 Å². The zero-order chi connectivity index (χ0) is 21.6. The number of rotatable bonds is 4. The van der Waals surface area contributed by atoms with Crippen molar-refractivity contribution in [2.45, 2.75) is 65.7 Å². The number of hydrogen-bond acceptors (Lipinski definition) is 4. The highest BCUT2D eigenvalue weighted by molar-refractivity contribution is 5.72. The number of hydroxylamine groups is 1. The second-order valence-corrected chi connectivity index (χ2v) is 10.8. The minimum absolute atomic E-state index is 0.269. The molecule has 2 fully saturated rings. The Hall–Kier alpha value is -1.94. The van der Waals surface area contributed by atoms with Gasteiger partial charge in [-0.2, -0.15) is 5.48 Å². The predicted octanol–water partition coefficient (Wildman–Crippen LogP) is 5.72. The van der Waals surface area contributed by atoms with Crippen molar-refractivity contribution in [3.8, 4) is 0 Å². The maximum absolute atomic E-state index is 11.0. The van der Waals surface area contributed by atoms with Crippen LogP contribution in [0.25, 0.3) is 5.57 Å². The van der Waals surface area contributed by atoms with Gasteiger partial charge < -0.3 is 4.84 Å². The zero-order valence-electron chi connectivity index (χ0n) is 19.2. The summed E-state index contributed by atoms with van der Waals surface area (Å²) in [4.78, 5) is 20.4. The molecule has 4 aliphatic carbocycles. The zero-order valence-corrected chi connectivity index (χ0v) is 19.2. The molecule has 1 N–H and O–H groups in total. The number of carbonyl (C=O) groups is 1. The Labute approximate surface area is 186 Å². The van der Waals surface area contributed by atoms with E-state index >= 15 is 0 Å². The molecule has 0 radical (unpaired) electrons. The standard InChI is InChI=1S/C27H36N2O2/c1-18(30)31-29-16-19-10-12-26(2)21(15-19)6-7-22-24-9-8-23(20-5-4-14-28-17-20)27(24,3)13-11-25(22)26/h4-5,8,14-15,17,19,22,24-25,29H,6-7,9-13,16H2,1-3H3/t19?,22-,24+,25+,26+,27-/m1/s1. The lowest BCUT2D eigenvalue weighted by atomic mass is 9.46. The minimum atomic E-state index is -0.269. The third-order valence-corrected chi connectivity index (χ3v) is 9.32. The molecule has 0 aromatic carbocycles. The largest absolute Gasteiger partial charge is 0.371 e. The average molecular weight is 421 g/mol. The van der Waals surface area contributed by atoms with Crippen molar-refractivity contribution >= 4 is 11.5 Å². The molecule has 4 heteroatoms. The molecule has 2 saturated carbocycles. The third-order valence-electron chi connectivity index (χ3n) is 9.32. The van der Waals surface area contributed by atoms with Crippen LogP contribution in [-0.4, -0.2) is 17.5 Å². The molecule has 0 bridgehead atoms. The first-order valence-corrected chi connectivity index (χ1v) is 12.1. The Balaban J connectivity index is 1.34. The number of fused-ring (bicyclic) bond motifs is 5. The lowest BCUT2D eigenvalue weighted by molar-refractivity contribution is -0.148. The van der Waals surface area contributed by atoms with Gasteiger partial charge in [-0.3, -0.25) is 9.78 Å². The normalized spacial score (nSPS) is 38.9. The lowest BCUT2D eigenvalue weighted by Gasteiger charge is -2.58. The molecule has 1 aromatic rings. The first-order chi connectivity index (χ1) is 14.9. The molecule has 6 atom stereocenters. The summed E-state index contributed by atoms with van der Waals surface area (Å²) in [5.74, 6) is 2.59. The Morgan fingerprint density at radius 3 is 2.81 bits per heavy atom. The van der Waals surface area contributed by atoms with Gasteiger partial charge in [-0.15, -0.1) is 0 Å². The van der Waals surface area contributed by atoms with E-state index in [2.05, 4.69) is 54.8 Å². The molecule has 0 spiro atoms. The molecule has 0 aliphatic heterocycles. The summed E-state index contributed by atoms with van der Waals surface area (Å²) in [6, 6.07) is 4.32. The number of nitrogens with one attached hydrogen (secondary N) is 1. The molecule has 31 heavy (non-hydrogen) atoms. The second kappa shape index (κ2) is 7.88. The fraction of sp³-hybridized carbons (Fsp3) is 0.630. The van der Waals surface area contributed by atoms with Gasteiger partial charge in [-0.05, 0) is 96.7 Å². The highest BCUT2D eigenvalue weighted by atomic mass is 16.7. The van der Waals surface area contributed by atoms with Crippen LogP contribution in [0.15, 0.2) is 42.3 Å². The molecular formula is C27H36N2O2. The number of pyridine rings is 1. The van der Waals surface area contributed by atoms with Gasteiger partial charge in [0.05, 0.1) is 0 Å². The Kier molecular flexibility index (Phi) is 5.32. The van der Waals surface area contributed by atoms with Crippen molar-refractivity contribution < 1.29 is 9.63 Å². The van der Waals surface area contributed by atoms with Gasteiger partial charge in [-0.25, -0.2) is 0 Å². The van der Waals surface area contributed by atoms with Crippen LogP contribution in [0.5, 0.6) is 0 Å². The van der Waals surface area contributed by atoms with E-state index in [4.69, 9.17) is 4.84 Å². The summed E-state index contributed by atoms with van der Waals surface area (Å²) in [5.41, 5.74) is 8.07. The van der Waals surface area contributed by atoms with E-state index in [9.17, 15) is 4.79 Å². The number of carbonyl (C=O) groups excluding carboxylic acids is 1. The molecule has 5 rings (SSSR count). The fourth-order valence-electron chi connectivity index (χ4n) is 7.75. The Morgan fingerprint density at radius 1 is 1.19 bits per heavy atom. The van der Waals surface area contributed by atoms with Crippen molar-refractivity contribution in [3.05, 3.63) is 47.8 Å².